The number of likely N-dealkylation sites (tertiary alicyclic amines) is 1. The van der Waals surface area contributed by atoms with Crippen molar-refractivity contribution in [2.24, 2.45) is 11.1 Å². The lowest BCUT2D eigenvalue weighted by Crippen LogP contribution is -2.50. The third kappa shape index (κ3) is 4.06. The van der Waals surface area contributed by atoms with Gasteiger partial charge in [-0.15, -0.1) is 0 Å². The Hall–Kier alpha value is -0.0800. The summed E-state index contributed by atoms with van der Waals surface area (Å²) in [5, 5.41) is 0. The maximum Gasteiger partial charge on any atom is 0.0217 e. The van der Waals surface area contributed by atoms with Crippen molar-refractivity contribution in [2.75, 3.05) is 13.1 Å². The van der Waals surface area contributed by atoms with Crippen LogP contribution in [-0.2, 0) is 0 Å². The van der Waals surface area contributed by atoms with Crippen LogP contribution in [0.15, 0.2) is 0 Å². The van der Waals surface area contributed by atoms with Crippen molar-refractivity contribution >= 4 is 0 Å². The van der Waals surface area contributed by atoms with Crippen LogP contribution in [0, 0.1) is 5.41 Å². The molecule has 1 saturated heterocycles. The Morgan fingerprint density at radius 3 is 2.56 bits per heavy atom. The molecule has 1 aliphatic heterocycles. The summed E-state index contributed by atoms with van der Waals surface area (Å²) < 4.78 is 0. The SMILES string of the molecule is CCCC1CCCCN1CC(N)C(C)(C)C. The van der Waals surface area contributed by atoms with Crippen molar-refractivity contribution in [1.29, 1.82) is 0 Å². The molecule has 0 aliphatic carbocycles. The molecular formula is C14H30N2. The van der Waals surface area contributed by atoms with Crippen molar-refractivity contribution in [3.8, 4) is 0 Å². The highest BCUT2D eigenvalue weighted by Gasteiger charge is 2.27. The van der Waals surface area contributed by atoms with Gasteiger partial charge in [0.15, 0.2) is 0 Å². The van der Waals surface area contributed by atoms with E-state index in [4.69, 9.17) is 5.73 Å². The van der Waals surface area contributed by atoms with E-state index in [9.17, 15) is 0 Å². The molecule has 1 aliphatic rings. The van der Waals surface area contributed by atoms with E-state index in [1.54, 1.807) is 0 Å². The third-order valence-electron chi connectivity index (χ3n) is 3.91. The number of hydrogen-bond acceptors (Lipinski definition) is 2. The van der Waals surface area contributed by atoms with Crippen LogP contribution in [-0.4, -0.2) is 30.1 Å². The highest BCUT2D eigenvalue weighted by Crippen LogP contribution is 2.24. The fraction of sp³-hybridized carbons (Fsp3) is 1.00. The highest BCUT2D eigenvalue weighted by atomic mass is 15.2. The van der Waals surface area contributed by atoms with Crippen LogP contribution in [0.25, 0.3) is 0 Å². The van der Waals surface area contributed by atoms with Gasteiger partial charge in [-0.05, 0) is 31.2 Å². The molecule has 2 atom stereocenters. The predicted octanol–water partition coefficient (Wildman–Crippen LogP) is 3.01. The van der Waals surface area contributed by atoms with Gasteiger partial charge in [-0.25, -0.2) is 0 Å². The Bertz CT molecular complexity index is 193. The van der Waals surface area contributed by atoms with Gasteiger partial charge >= 0.3 is 0 Å². The summed E-state index contributed by atoms with van der Waals surface area (Å²) >= 11 is 0. The molecule has 96 valence electrons. The molecule has 0 aromatic carbocycles. The molecule has 2 unspecified atom stereocenters. The predicted molar refractivity (Wildman–Crippen MR) is 71.6 cm³/mol. The molecule has 1 heterocycles. The summed E-state index contributed by atoms with van der Waals surface area (Å²) in [6.07, 6.45) is 6.79. The smallest absolute Gasteiger partial charge is 0.0217 e. The minimum Gasteiger partial charge on any atom is -0.326 e. The Labute approximate surface area is 102 Å². The van der Waals surface area contributed by atoms with E-state index in [2.05, 4.69) is 32.6 Å². The first-order valence-electron chi connectivity index (χ1n) is 6.94. The first kappa shape index (κ1) is 14.0. The van der Waals surface area contributed by atoms with E-state index in [1.165, 1.54) is 38.6 Å². The summed E-state index contributed by atoms with van der Waals surface area (Å²) in [7, 11) is 0. The van der Waals surface area contributed by atoms with E-state index >= 15 is 0 Å². The Morgan fingerprint density at radius 1 is 1.31 bits per heavy atom. The van der Waals surface area contributed by atoms with Gasteiger partial charge in [0.25, 0.3) is 0 Å². The fourth-order valence-corrected chi connectivity index (χ4v) is 2.49. The van der Waals surface area contributed by atoms with Gasteiger partial charge in [-0.3, -0.25) is 4.90 Å². The van der Waals surface area contributed by atoms with Crippen molar-refractivity contribution < 1.29 is 0 Å². The van der Waals surface area contributed by atoms with Gasteiger partial charge in [0, 0.05) is 18.6 Å². The van der Waals surface area contributed by atoms with Crippen LogP contribution in [0.3, 0.4) is 0 Å². The second-order valence-corrected chi connectivity index (χ2v) is 6.41. The van der Waals surface area contributed by atoms with Gasteiger partial charge in [0.2, 0.25) is 0 Å². The van der Waals surface area contributed by atoms with Gasteiger partial charge in [-0.1, -0.05) is 40.5 Å². The highest BCUT2D eigenvalue weighted by molar-refractivity contribution is 4.85. The van der Waals surface area contributed by atoms with Crippen LogP contribution < -0.4 is 5.73 Å². The van der Waals surface area contributed by atoms with Gasteiger partial charge in [0.1, 0.15) is 0 Å². The number of rotatable bonds is 4. The molecule has 0 spiro atoms. The summed E-state index contributed by atoms with van der Waals surface area (Å²) in [5.41, 5.74) is 6.53. The molecule has 0 bridgehead atoms. The summed E-state index contributed by atoms with van der Waals surface area (Å²) in [6, 6.07) is 1.09. The van der Waals surface area contributed by atoms with Crippen molar-refractivity contribution in [3.05, 3.63) is 0 Å². The molecule has 1 rings (SSSR count). The van der Waals surface area contributed by atoms with Crippen LogP contribution in [0.2, 0.25) is 0 Å². The Kier molecular flexibility index (Phi) is 5.26. The average molecular weight is 226 g/mol. The van der Waals surface area contributed by atoms with E-state index in [0.29, 0.717) is 6.04 Å². The van der Waals surface area contributed by atoms with E-state index in [-0.39, 0.29) is 5.41 Å². The first-order chi connectivity index (χ1) is 7.45. The maximum absolute atomic E-state index is 6.30. The summed E-state index contributed by atoms with van der Waals surface area (Å²) in [5.74, 6) is 0. The molecule has 0 aromatic rings. The second-order valence-electron chi connectivity index (χ2n) is 6.41. The number of piperidine rings is 1. The fourth-order valence-electron chi connectivity index (χ4n) is 2.49. The standard InChI is InChI=1S/C14H30N2/c1-5-8-12-9-6-7-10-16(12)11-13(15)14(2,3)4/h12-13H,5-11,15H2,1-4H3. The molecule has 0 radical (unpaired) electrons. The number of nitrogens with two attached hydrogens (primary N) is 1. The molecule has 2 heteroatoms. The van der Waals surface area contributed by atoms with Crippen molar-refractivity contribution in [1.82, 2.24) is 4.90 Å². The van der Waals surface area contributed by atoms with Gasteiger partial charge in [0.05, 0.1) is 0 Å². The van der Waals surface area contributed by atoms with Gasteiger partial charge in [-0.2, -0.15) is 0 Å². The third-order valence-corrected chi connectivity index (χ3v) is 3.91. The zero-order valence-electron chi connectivity index (χ0n) is 11.6. The lowest BCUT2D eigenvalue weighted by atomic mass is 9.86. The zero-order chi connectivity index (χ0) is 12.2. The normalized spacial score (nSPS) is 25.7. The first-order valence-corrected chi connectivity index (χ1v) is 6.94. The lowest BCUT2D eigenvalue weighted by Gasteiger charge is -2.40. The molecular weight excluding hydrogens is 196 g/mol. The quantitative estimate of drug-likeness (QED) is 0.798. The zero-order valence-corrected chi connectivity index (χ0v) is 11.6. The minimum atomic E-state index is 0.230. The van der Waals surface area contributed by atoms with Gasteiger partial charge < -0.3 is 5.73 Å². The Balaban J connectivity index is 2.49. The van der Waals surface area contributed by atoms with Crippen LogP contribution >= 0.6 is 0 Å². The monoisotopic (exact) mass is 226 g/mol. The van der Waals surface area contributed by atoms with Crippen molar-refractivity contribution in [3.63, 3.8) is 0 Å². The Morgan fingerprint density at radius 2 is 2.00 bits per heavy atom. The minimum absolute atomic E-state index is 0.230. The van der Waals surface area contributed by atoms with Crippen molar-refractivity contribution in [2.45, 2.75) is 71.9 Å². The molecule has 1 fully saturated rings. The largest absolute Gasteiger partial charge is 0.326 e. The van der Waals surface area contributed by atoms with E-state index < -0.39 is 0 Å². The number of nitrogens with zero attached hydrogens (tertiary/aromatic N) is 1. The van der Waals surface area contributed by atoms with Crippen LogP contribution in [0.4, 0.5) is 0 Å². The summed E-state index contributed by atoms with van der Waals surface area (Å²) in [6.45, 7) is 11.4. The lowest BCUT2D eigenvalue weighted by molar-refractivity contribution is 0.109. The van der Waals surface area contributed by atoms with Crippen LogP contribution in [0.5, 0.6) is 0 Å². The molecule has 2 nitrogen and oxygen atoms in total. The topological polar surface area (TPSA) is 29.3 Å². The molecule has 0 amide bonds. The molecule has 0 saturated carbocycles. The van der Waals surface area contributed by atoms with E-state index in [0.717, 1.165) is 12.6 Å². The molecule has 0 aromatic heterocycles. The van der Waals surface area contributed by atoms with Crippen LogP contribution in [0.1, 0.15) is 59.8 Å². The second kappa shape index (κ2) is 6.02. The van der Waals surface area contributed by atoms with E-state index in [1.807, 2.05) is 0 Å². The number of hydrogen-bond donors (Lipinski definition) is 1. The average Bonchev–Trinajstić information content (AvgIpc) is 2.20. The molecule has 2 N–H and O–H groups in total. The maximum atomic E-state index is 6.30. The molecule has 16 heavy (non-hydrogen) atoms. The summed E-state index contributed by atoms with van der Waals surface area (Å²) in [4.78, 5) is 2.64.